The number of anilines is 1. The predicted octanol–water partition coefficient (Wildman–Crippen LogP) is 1.75. The number of aliphatic hydroxyl groups is 1. The second-order valence-corrected chi connectivity index (χ2v) is 5.08. The van der Waals surface area contributed by atoms with Crippen LogP contribution in [0.25, 0.3) is 0 Å². The molecule has 0 saturated heterocycles. The van der Waals surface area contributed by atoms with E-state index in [1.165, 1.54) is 12.3 Å². The molecule has 1 aliphatic heterocycles. The maximum absolute atomic E-state index is 12.2. The summed E-state index contributed by atoms with van der Waals surface area (Å²) in [4.78, 5) is 31.7. The lowest BCUT2D eigenvalue weighted by Gasteiger charge is -2.10. The number of benzene rings is 1. The van der Waals surface area contributed by atoms with Crippen LogP contribution in [0.2, 0.25) is 5.28 Å². The van der Waals surface area contributed by atoms with Crippen LogP contribution in [0.4, 0.5) is 5.82 Å². The Bertz CT molecular complexity index is 807. The lowest BCUT2D eigenvalue weighted by atomic mass is 10.1. The lowest BCUT2D eigenvalue weighted by molar-refractivity contribution is -0.120. The van der Waals surface area contributed by atoms with Crippen LogP contribution in [0.1, 0.15) is 11.6 Å². The van der Waals surface area contributed by atoms with E-state index < -0.39 is 17.9 Å². The minimum absolute atomic E-state index is 0.0426. The number of carbonyl (C=O) groups excluding carboxylic acids is 2. The van der Waals surface area contributed by atoms with Crippen LogP contribution in [0, 0.1) is 0 Å². The highest BCUT2D eigenvalue weighted by Gasteiger charge is 2.36. The summed E-state index contributed by atoms with van der Waals surface area (Å²) in [6.07, 6.45) is 1.36. The maximum Gasteiger partial charge on any atom is 0.265 e. The van der Waals surface area contributed by atoms with Crippen LogP contribution in [-0.4, -0.2) is 26.9 Å². The van der Waals surface area contributed by atoms with Crippen molar-refractivity contribution in [3.8, 4) is 0 Å². The monoisotopic (exact) mass is 330 g/mol. The quantitative estimate of drug-likeness (QED) is 0.587. The predicted molar refractivity (Wildman–Crippen MR) is 82.7 cm³/mol. The molecule has 0 fully saturated rings. The van der Waals surface area contributed by atoms with Gasteiger partial charge in [0.15, 0.2) is 0 Å². The van der Waals surface area contributed by atoms with Crippen molar-refractivity contribution in [1.29, 1.82) is 0 Å². The van der Waals surface area contributed by atoms with Gasteiger partial charge < -0.3 is 15.7 Å². The van der Waals surface area contributed by atoms with Gasteiger partial charge in [-0.15, -0.1) is 0 Å². The molecule has 116 valence electrons. The molecule has 1 aliphatic rings. The summed E-state index contributed by atoms with van der Waals surface area (Å²) in [6, 6.07) is 9.51. The van der Waals surface area contributed by atoms with Gasteiger partial charge in [0.1, 0.15) is 23.2 Å². The molecule has 2 heterocycles. The highest BCUT2D eigenvalue weighted by molar-refractivity contribution is 6.28. The van der Waals surface area contributed by atoms with Gasteiger partial charge in [-0.25, -0.2) is 9.97 Å². The zero-order valence-corrected chi connectivity index (χ0v) is 12.4. The number of aliphatic hydroxyl groups excluding tert-OH is 1. The molecule has 1 aromatic carbocycles. The average Bonchev–Trinajstić information content (AvgIpc) is 2.83. The zero-order valence-electron chi connectivity index (χ0n) is 11.7. The number of hydrogen-bond donors (Lipinski definition) is 3. The van der Waals surface area contributed by atoms with Crippen LogP contribution in [-0.2, 0) is 9.59 Å². The van der Waals surface area contributed by atoms with E-state index in [0.29, 0.717) is 5.56 Å². The molecule has 1 aromatic heterocycles. The fourth-order valence-corrected chi connectivity index (χ4v) is 2.37. The Morgan fingerprint density at radius 1 is 1.26 bits per heavy atom. The Balaban J connectivity index is 1.87. The first-order valence-electron chi connectivity index (χ1n) is 6.65. The van der Waals surface area contributed by atoms with Crippen molar-refractivity contribution >= 4 is 29.2 Å². The van der Waals surface area contributed by atoms with Crippen molar-refractivity contribution in [2.75, 3.05) is 5.32 Å². The number of nitrogens with one attached hydrogen (secondary N) is 2. The first-order chi connectivity index (χ1) is 11.1. The third-order valence-electron chi connectivity index (χ3n) is 3.26. The number of aromatic nitrogens is 2. The fraction of sp³-hybridized carbons (Fsp3) is 0.0667. The number of hydrogen-bond acceptors (Lipinski definition) is 5. The number of carbonyl (C=O) groups is 2. The minimum atomic E-state index is -0.770. The molecule has 0 aliphatic carbocycles. The molecule has 0 saturated carbocycles. The summed E-state index contributed by atoms with van der Waals surface area (Å²) in [5.74, 6) is -1.63. The van der Waals surface area contributed by atoms with Gasteiger partial charge in [0.2, 0.25) is 5.28 Å². The zero-order chi connectivity index (χ0) is 16.4. The van der Waals surface area contributed by atoms with Gasteiger partial charge >= 0.3 is 0 Å². The summed E-state index contributed by atoms with van der Waals surface area (Å²) in [7, 11) is 0. The first-order valence-corrected chi connectivity index (χ1v) is 7.03. The van der Waals surface area contributed by atoms with Crippen molar-refractivity contribution < 1.29 is 14.7 Å². The van der Waals surface area contributed by atoms with Gasteiger partial charge in [-0.2, -0.15) is 0 Å². The smallest absolute Gasteiger partial charge is 0.265 e. The van der Waals surface area contributed by atoms with Crippen LogP contribution >= 0.6 is 11.6 Å². The van der Waals surface area contributed by atoms with E-state index in [9.17, 15) is 14.7 Å². The molecule has 7 nitrogen and oxygen atoms in total. The van der Waals surface area contributed by atoms with E-state index in [-0.39, 0.29) is 22.4 Å². The van der Waals surface area contributed by atoms with Gasteiger partial charge in [-0.05, 0) is 23.2 Å². The molecule has 8 heteroatoms. The normalized spacial score (nSPS) is 17.1. The molecular weight excluding hydrogens is 320 g/mol. The highest BCUT2D eigenvalue weighted by atomic mass is 35.5. The van der Waals surface area contributed by atoms with Gasteiger partial charge in [-0.1, -0.05) is 30.3 Å². The van der Waals surface area contributed by atoms with E-state index in [2.05, 4.69) is 20.6 Å². The Morgan fingerprint density at radius 2 is 2.00 bits per heavy atom. The fourth-order valence-electron chi connectivity index (χ4n) is 2.22. The third kappa shape index (κ3) is 3.00. The molecule has 23 heavy (non-hydrogen) atoms. The molecular formula is C15H11ClN4O3. The number of amides is 2. The standard InChI is InChI=1S/C15H11ClN4O3/c16-15-17-7-6-9(19-15)18-13(22)10-12(21)11(20-14(10)23)8-4-2-1-3-5-8/h1-7,11,21H,(H,20,23)(H,17,18,19,22). The summed E-state index contributed by atoms with van der Waals surface area (Å²) in [5, 5.41) is 15.2. The van der Waals surface area contributed by atoms with Crippen LogP contribution in [0.15, 0.2) is 53.9 Å². The lowest BCUT2D eigenvalue weighted by Crippen LogP contribution is -2.26. The minimum Gasteiger partial charge on any atom is -0.509 e. The van der Waals surface area contributed by atoms with Gasteiger partial charge in [0.05, 0.1) is 0 Å². The molecule has 0 spiro atoms. The molecule has 3 rings (SSSR count). The number of rotatable bonds is 3. The van der Waals surface area contributed by atoms with E-state index in [0.717, 1.165) is 0 Å². The summed E-state index contributed by atoms with van der Waals surface area (Å²) < 4.78 is 0. The SMILES string of the molecule is O=C(Nc1ccnc(Cl)n1)C1=C(O)C(c2ccccc2)NC1=O. The number of halogens is 1. The van der Waals surface area contributed by atoms with Crippen LogP contribution < -0.4 is 10.6 Å². The Labute approximate surface area is 136 Å². The topological polar surface area (TPSA) is 104 Å². The van der Waals surface area contributed by atoms with E-state index in [1.54, 1.807) is 24.3 Å². The summed E-state index contributed by atoms with van der Waals surface area (Å²) >= 11 is 5.63. The summed E-state index contributed by atoms with van der Waals surface area (Å²) in [6.45, 7) is 0. The number of nitrogens with zero attached hydrogens (tertiary/aromatic N) is 2. The van der Waals surface area contributed by atoms with E-state index >= 15 is 0 Å². The Morgan fingerprint density at radius 3 is 2.70 bits per heavy atom. The average molecular weight is 331 g/mol. The Hall–Kier alpha value is -2.93. The third-order valence-corrected chi connectivity index (χ3v) is 3.44. The molecule has 0 radical (unpaired) electrons. The largest absolute Gasteiger partial charge is 0.509 e. The summed E-state index contributed by atoms with van der Waals surface area (Å²) in [5.41, 5.74) is 0.319. The van der Waals surface area contributed by atoms with E-state index in [1.807, 2.05) is 6.07 Å². The second kappa shape index (κ2) is 6.05. The molecule has 3 N–H and O–H groups in total. The van der Waals surface area contributed by atoms with Gasteiger partial charge in [0, 0.05) is 6.20 Å². The highest BCUT2D eigenvalue weighted by Crippen LogP contribution is 2.28. The van der Waals surface area contributed by atoms with Crippen LogP contribution in [0.5, 0.6) is 0 Å². The molecule has 2 amide bonds. The first kappa shape index (κ1) is 15.0. The van der Waals surface area contributed by atoms with Gasteiger partial charge in [-0.3, -0.25) is 9.59 Å². The van der Waals surface area contributed by atoms with Crippen molar-refractivity contribution in [1.82, 2.24) is 15.3 Å². The molecule has 1 unspecified atom stereocenters. The molecule has 0 bridgehead atoms. The van der Waals surface area contributed by atoms with Crippen molar-refractivity contribution in [2.24, 2.45) is 0 Å². The molecule has 1 atom stereocenters. The van der Waals surface area contributed by atoms with Crippen molar-refractivity contribution in [3.63, 3.8) is 0 Å². The second-order valence-electron chi connectivity index (χ2n) is 4.74. The van der Waals surface area contributed by atoms with Gasteiger partial charge in [0.25, 0.3) is 11.8 Å². The molecule has 2 aromatic rings. The maximum atomic E-state index is 12.2. The Kier molecular flexibility index (Phi) is 3.94. The van der Waals surface area contributed by atoms with Crippen molar-refractivity contribution in [2.45, 2.75) is 6.04 Å². The van der Waals surface area contributed by atoms with E-state index in [4.69, 9.17) is 11.6 Å². The van der Waals surface area contributed by atoms with Crippen LogP contribution in [0.3, 0.4) is 0 Å². The van der Waals surface area contributed by atoms with Crippen molar-refractivity contribution in [3.05, 3.63) is 64.8 Å².